The van der Waals surface area contributed by atoms with Crippen molar-refractivity contribution in [2.24, 2.45) is 4.99 Å². The van der Waals surface area contributed by atoms with Gasteiger partial charge in [0.1, 0.15) is 0 Å². The third kappa shape index (κ3) is 5.27. The minimum absolute atomic E-state index is 0.689. The second kappa shape index (κ2) is 10.9. The number of rotatable bonds is 6. The van der Waals surface area contributed by atoms with E-state index in [2.05, 4.69) is 38.0 Å². The van der Waals surface area contributed by atoms with E-state index in [4.69, 9.17) is 26.3 Å². The molecular formula is C30H29ClN6O. The second-order valence-corrected chi connectivity index (χ2v) is 9.86. The summed E-state index contributed by atoms with van der Waals surface area (Å²) in [6.45, 7) is 7.01. The van der Waals surface area contributed by atoms with Crippen molar-refractivity contribution in [2.75, 3.05) is 44.7 Å². The zero-order chi connectivity index (χ0) is 25.9. The van der Waals surface area contributed by atoms with Gasteiger partial charge in [0, 0.05) is 36.0 Å². The van der Waals surface area contributed by atoms with E-state index in [1.807, 2.05) is 67.7 Å². The molecule has 1 aliphatic carbocycles. The molecule has 1 N–H and O–H groups in total. The molecule has 0 saturated carbocycles. The van der Waals surface area contributed by atoms with Crippen LogP contribution in [0.15, 0.2) is 84.0 Å². The number of para-hydroxylation sites is 2. The first-order valence-corrected chi connectivity index (χ1v) is 13.2. The van der Waals surface area contributed by atoms with E-state index in [0.717, 1.165) is 83.4 Å². The summed E-state index contributed by atoms with van der Waals surface area (Å²) in [5.41, 5.74) is 7.57. The first kappa shape index (κ1) is 24.6. The summed E-state index contributed by atoms with van der Waals surface area (Å²) in [6, 6.07) is 24.3. The highest BCUT2D eigenvalue weighted by Gasteiger charge is 2.17. The molecule has 1 aromatic heterocycles. The van der Waals surface area contributed by atoms with Gasteiger partial charge in [-0.3, -0.25) is 14.9 Å². The SMILES string of the molecule is Cc1ccc(Nc2cc3nc4ccccc4n(-c4ccc(Cl)cc4)c-3c/c2=N\CCN2CCOCC2)cn1. The zero-order valence-electron chi connectivity index (χ0n) is 21.3. The van der Waals surface area contributed by atoms with Crippen LogP contribution in [0.2, 0.25) is 5.02 Å². The fourth-order valence-electron chi connectivity index (χ4n) is 4.77. The first-order valence-electron chi connectivity index (χ1n) is 12.9. The van der Waals surface area contributed by atoms with Gasteiger partial charge in [0.15, 0.2) is 0 Å². The number of benzene rings is 3. The Bertz CT molecular complexity index is 1590. The number of halogens is 1. The molecule has 1 saturated heterocycles. The van der Waals surface area contributed by atoms with Crippen LogP contribution >= 0.6 is 11.6 Å². The topological polar surface area (TPSA) is 67.6 Å². The van der Waals surface area contributed by atoms with Crippen molar-refractivity contribution in [3.63, 3.8) is 0 Å². The van der Waals surface area contributed by atoms with E-state index in [1.54, 1.807) is 0 Å². The maximum Gasteiger partial charge on any atom is 0.0900 e. The average Bonchev–Trinajstić information content (AvgIpc) is 2.94. The van der Waals surface area contributed by atoms with Crippen LogP contribution in [-0.2, 0) is 4.74 Å². The summed E-state index contributed by atoms with van der Waals surface area (Å²) in [5.74, 6) is 0. The average molecular weight is 525 g/mol. The summed E-state index contributed by atoms with van der Waals surface area (Å²) in [4.78, 5) is 16.9. The number of aromatic nitrogens is 3. The molecule has 6 rings (SSSR count). The van der Waals surface area contributed by atoms with Crippen molar-refractivity contribution < 1.29 is 4.74 Å². The molecular weight excluding hydrogens is 496 g/mol. The summed E-state index contributed by atoms with van der Waals surface area (Å²) in [5, 5.41) is 5.12. The summed E-state index contributed by atoms with van der Waals surface area (Å²) in [7, 11) is 0. The number of aryl methyl sites for hydroxylation is 1. The number of ether oxygens (including phenoxy) is 1. The Morgan fingerprint density at radius 1 is 1.00 bits per heavy atom. The van der Waals surface area contributed by atoms with Gasteiger partial charge in [0.2, 0.25) is 0 Å². The van der Waals surface area contributed by atoms with E-state index >= 15 is 0 Å². The molecule has 38 heavy (non-hydrogen) atoms. The molecule has 0 unspecified atom stereocenters. The Balaban J connectivity index is 1.51. The lowest BCUT2D eigenvalue weighted by atomic mass is 10.1. The Morgan fingerprint density at radius 2 is 1.82 bits per heavy atom. The first-order chi connectivity index (χ1) is 18.6. The monoisotopic (exact) mass is 524 g/mol. The second-order valence-electron chi connectivity index (χ2n) is 9.42. The van der Waals surface area contributed by atoms with Gasteiger partial charge >= 0.3 is 0 Å². The highest BCUT2D eigenvalue weighted by molar-refractivity contribution is 6.30. The summed E-state index contributed by atoms with van der Waals surface area (Å²) in [6.07, 6.45) is 1.85. The van der Waals surface area contributed by atoms with Crippen molar-refractivity contribution >= 4 is 34.0 Å². The number of hydrogen-bond acceptors (Lipinski definition) is 6. The third-order valence-electron chi connectivity index (χ3n) is 6.77. The van der Waals surface area contributed by atoms with Crippen LogP contribution in [0.3, 0.4) is 0 Å². The van der Waals surface area contributed by atoms with Gasteiger partial charge in [0.25, 0.3) is 0 Å². The quantitative estimate of drug-likeness (QED) is 0.299. The molecule has 8 heteroatoms. The highest BCUT2D eigenvalue weighted by Crippen LogP contribution is 2.30. The third-order valence-corrected chi connectivity index (χ3v) is 7.03. The molecule has 3 heterocycles. The van der Waals surface area contributed by atoms with Gasteiger partial charge in [-0.25, -0.2) is 4.98 Å². The lowest BCUT2D eigenvalue weighted by molar-refractivity contribution is 0.0394. The standard InChI is InChI=1S/C30H29ClN6O/c1-21-6-9-23(20-33-21)34-27-18-28-30(19-26(27)32-12-13-36-14-16-38-17-15-36)37(24-10-7-22(31)8-11-24)29-5-3-2-4-25(29)35-28/h2-11,18-20,34H,12-17H2,1H3/b32-26+. The molecule has 0 bridgehead atoms. The maximum atomic E-state index is 6.23. The molecule has 7 nitrogen and oxygen atoms in total. The molecule has 192 valence electrons. The van der Waals surface area contributed by atoms with Crippen LogP contribution in [0.4, 0.5) is 11.4 Å². The van der Waals surface area contributed by atoms with Crippen LogP contribution < -0.4 is 10.7 Å². The van der Waals surface area contributed by atoms with Gasteiger partial charge < -0.3 is 14.6 Å². The smallest absolute Gasteiger partial charge is 0.0900 e. The minimum atomic E-state index is 0.689. The zero-order valence-corrected chi connectivity index (χ0v) is 22.0. The number of hydrogen-bond donors (Lipinski definition) is 1. The number of fused-ring (bicyclic) bond motifs is 2. The molecule has 0 amide bonds. The van der Waals surface area contributed by atoms with Crippen LogP contribution in [-0.4, -0.2) is 58.8 Å². The largest absolute Gasteiger partial charge is 0.379 e. The van der Waals surface area contributed by atoms with Crippen LogP contribution in [0, 0.1) is 6.92 Å². The van der Waals surface area contributed by atoms with Crippen molar-refractivity contribution in [1.82, 2.24) is 19.4 Å². The van der Waals surface area contributed by atoms with Crippen LogP contribution in [0.25, 0.3) is 28.1 Å². The molecule has 3 aliphatic rings. The van der Waals surface area contributed by atoms with E-state index in [9.17, 15) is 0 Å². The minimum Gasteiger partial charge on any atom is -0.379 e. The molecule has 3 aromatic rings. The van der Waals surface area contributed by atoms with E-state index in [1.165, 1.54) is 0 Å². The molecule has 0 radical (unpaired) electrons. The van der Waals surface area contributed by atoms with Crippen molar-refractivity contribution in [3.05, 3.63) is 95.1 Å². The fourth-order valence-corrected chi connectivity index (χ4v) is 4.90. The number of nitrogens with zero attached hydrogens (tertiary/aromatic N) is 5. The Labute approximate surface area is 226 Å². The van der Waals surface area contributed by atoms with Crippen molar-refractivity contribution in [3.8, 4) is 17.1 Å². The Morgan fingerprint density at radius 3 is 2.61 bits per heavy atom. The maximum absolute atomic E-state index is 6.23. The number of morpholine rings is 1. The number of anilines is 2. The predicted molar refractivity (Wildman–Crippen MR) is 153 cm³/mol. The molecule has 0 spiro atoms. The lowest BCUT2D eigenvalue weighted by Crippen LogP contribution is -2.38. The summed E-state index contributed by atoms with van der Waals surface area (Å²) < 4.78 is 7.73. The van der Waals surface area contributed by atoms with Gasteiger partial charge in [-0.1, -0.05) is 23.7 Å². The fraction of sp³-hybridized carbons (Fsp3) is 0.233. The van der Waals surface area contributed by atoms with Crippen molar-refractivity contribution in [2.45, 2.75) is 6.92 Å². The van der Waals surface area contributed by atoms with Gasteiger partial charge in [-0.05, 0) is 67.6 Å². The molecule has 0 atom stereocenters. The van der Waals surface area contributed by atoms with E-state index in [0.29, 0.717) is 11.6 Å². The molecule has 1 fully saturated rings. The van der Waals surface area contributed by atoms with Crippen LogP contribution in [0.1, 0.15) is 5.69 Å². The van der Waals surface area contributed by atoms with Crippen LogP contribution in [0.5, 0.6) is 0 Å². The van der Waals surface area contributed by atoms with Gasteiger partial charge in [-0.2, -0.15) is 0 Å². The normalized spacial score (nSPS) is 14.8. The number of pyridine rings is 1. The summed E-state index contributed by atoms with van der Waals surface area (Å²) >= 11 is 6.23. The highest BCUT2D eigenvalue weighted by atomic mass is 35.5. The van der Waals surface area contributed by atoms with E-state index < -0.39 is 0 Å². The van der Waals surface area contributed by atoms with Gasteiger partial charge in [-0.15, -0.1) is 0 Å². The predicted octanol–water partition coefficient (Wildman–Crippen LogP) is 5.46. The van der Waals surface area contributed by atoms with Gasteiger partial charge in [0.05, 0.1) is 65.1 Å². The lowest BCUT2D eigenvalue weighted by Gasteiger charge is -2.25. The molecule has 2 aromatic carbocycles. The van der Waals surface area contributed by atoms with E-state index in [-0.39, 0.29) is 0 Å². The van der Waals surface area contributed by atoms with Crippen molar-refractivity contribution in [1.29, 1.82) is 0 Å². The Hall–Kier alpha value is -3.78. The molecule has 2 aliphatic heterocycles. The Kier molecular flexibility index (Phi) is 7.05. The number of nitrogens with one attached hydrogen (secondary N) is 1.